The highest BCUT2D eigenvalue weighted by Crippen LogP contribution is 2.34. The SMILES string of the molecule is O=CCn1c(-c2ccccc2)cc2c3cc(OCc4ccccc4)ccc3n(Cc3ccccc3)c2c1=O. The van der Waals surface area contributed by atoms with E-state index in [1.807, 2.05) is 103 Å². The van der Waals surface area contributed by atoms with Gasteiger partial charge < -0.3 is 14.1 Å². The van der Waals surface area contributed by atoms with Crippen molar-refractivity contribution in [3.05, 3.63) is 137 Å². The lowest BCUT2D eigenvalue weighted by Gasteiger charge is -2.13. The monoisotopic (exact) mass is 498 g/mol. The standard InChI is InChI=1S/C33H26N2O3/c36-19-18-34-31(26-14-8-3-9-15-26)21-29-28-20-27(38-23-25-12-6-2-7-13-25)16-17-30(28)35(32(29)33(34)37)22-24-10-4-1-5-11-24/h1-17,19-21H,18,22-23H2. The van der Waals surface area contributed by atoms with E-state index in [-0.39, 0.29) is 12.1 Å². The maximum atomic E-state index is 14.0. The van der Waals surface area contributed by atoms with Crippen molar-refractivity contribution in [2.24, 2.45) is 0 Å². The van der Waals surface area contributed by atoms with Crippen molar-refractivity contribution >= 4 is 28.1 Å². The number of pyridine rings is 1. The summed E-state index contributed by atoms with van der Waals surface area (Å²) < 4.78 is 9.77. The predicted octanol–water partition coefficient (Wildman–Crippen LogP) is 6.45. The average molecular weight is 499 g/mol. The van der Waals surface area contributed by atoms with Gasteiger partial charge in [0.25, 0.3) is 5.56 Å². The highest BCUT2D eigenvalue weighted by Gasteiger charge is 2.19. The van der Waals surface area contributed by atoms with Crippen LogP contribution in [0.5, 0.6) is 5.75 Å². The first-order valence-electron chi connectivity index (χ1n) is 12.6. The van der Waals surface area contributed by atoms with E-state index >= 15 is 0 Å². The average Bonchev–Trinajstić information content (AvgIpc) is 3.27. The van der Waals surface area contributed by atoms with Crippen LogP contribution in [0, 0.1) is 0 Å². The molecule has 6 rings (SSSR count). The molecule has 0 saturated carbocycles. The zero-order chi connectivity index (χ0) is 25.9. The van der Waals surface area contributed by atoms with Gasteiger partial charge in [-0.3, -0.25) is 9.36 Å². The van der Waals surface area contributed by atoms with Crippen molar-refractivity contribution in [3.63, 3.8) is 0 Å². The van der Waals surface area contributed by atoms with E-state index in [2.05, 4.69) is 16.7 Å². The van der Waals surface area contributed by atoms with Gasteiger partial charge in [0.1, 0.15) is 24.2 Å². The Morgan fingerprint density at radius 3 is 2.03 bits per heavy atom. The first-order valence-corrected chi connectivity index (χ1v) is 12.6. The topological polar surface area (TPSA) is 53.2 Å². The second-order valence-electron chi connectivity index (χ2n) is 9.27. The lowest BCUT2D eigenvalue weighted by atomic mass is 10.1. The largest absolute Gasteiger partial charge is 0.489 e. The van der Waals surface area contributed by atoms with Crippen LogP contribution in [0.15, 0.2) is 120 Å². The molecule has 4 aromatic carbocycles. The van der Waals surface area contributed by atoms with Crippen LogP contribution in [0.1, 0.15) is 11.1 Å². The third-order valence-corrected chi connectivity index (χ3v) is 6.85. The Morgan fingerprint density at radius 2 is 1.34 bits per heavy atom. The van der Waals surface area contributed by atoms with E-state index in [0.29, 0.717) is 24.4 Å². The highest BCUT2D eigenvalue weighted by molar-refractivity contribution is 6.09. The molecule has 0 atom stereocenters. The number of carbonyl (C=O) groups excluding carboxylic acids is 1. The van der Waals surface area contributed by atoms with Crippen LogP contribution in [-0.4, -0.2) is 15.4 Å². The lowest BCUT2D eigenvalue weighted by molar-refractivity contribution is -0.108. The fourth-order valence-electron chi connectivity index (χ4n) is 5.05. The molecule has 0 amide bonds. The van der Waals surface area contributed by atoms with Crippen molar-refractivity contribution in [1.29, 1.82) is 0 Å². The van der Waals surface area contributed by atoms with Crippen molar-refractivity contribution in [2.75, 3.05) is 0 Å². The smallest absolute Gasteiger partial charge is 0.275 e. The molecule has 0 aliphatic carbocycles. The minimum absolute atomic E-state index is 0.0166. The first-order chi connectivity index (χ1) is 18.7. The van der Waals surface area contributed by atoms with Crippen LogP contribution in [0.4, 0.5) is 0 Å². The van der Waals surface area contributed by atoms with Gasteiger partial charge in [-0.25, -0.2) is 0 Å². The van der Waals surface area contributed by atoms with E-state index in [1.54, 1.807) is 4.57 Å². The Morgan fingerprint density at radius 1 is 0.684 bits per heavy atom. The van der Waals surface area contributed by atoms with E-state index in [1.165, 1.54) is 0 Å². The van der Waals surface area contributed by atoms with E-state index in [4.69, 9.17) is 4.74 Å². The summed E-state index contributed by atoms with van der Waals surface area (Å²) in [7, 11) is 0. The summed E-state index contributed by atoms with van der Waals surface area (Å²) in [6, 6.07) is 37.9. The molecule has 186 valence electrons. The molecule has 2 heterocycles. The molecular formula is C33H26N2O3. The Balaban J connectivity index is 1.58. The predicted molar refractivity (Wildman–Crippen MR) is 152 cm³/mol. The number of ether oxygens (including phenoxy) is 1. The van der Waals surface area contributed by atoms with Crippen molar-refractivity contribution in [1.82, 2.24) is 9.13 Å². The number of aldehydes is 1. The van der Waals surface area contributed by atoms with Crippen molar-refractivity contribution < 1.29 is 9.53 Å². The van der Waals surface area contributed by atoms with E-state index in [0.717, 1.165) is 45.0 Å². The Kier molecular flexibility index (Phi) is 6.32. The molecule has 0 bridgehead atoms. The second kappa shape index (κ2) is 10.2. The molecule has 0 radical (unpaired) electrons. The van der Waals surface area contributed by atoms with Crippen LogP contribution in [0.25, 0.3) is 33.1 Å². The van der Waals surface area contributed by atoms with Gasteiger partial charge >= 0.3 is 0 Å². The Labute approximate surface area is 220 Å². The van der Waals surface area contributed by atoms with Crippen LogP contribution >= 0.6 is 0 Å². The summed E-state index contributed by atoms with van der Waals surface area (Å²) >= 11 is 0. The molecular weight excluding hydrogens is 472 g/mol. The molecule has 5 nitrogen and oxygen atoms in total. The van der Waals surface area contributed by atoms with Crippen LogP contribution < -0.4 is 10.3 Å². The molecule has 2 aromatic heterocycles. The van der Waals surface area contributed by atoms with Gasteiger partial charge in [-0.05, 0) is 41.0 Å². The van der Waals surface area contributed by atoms with Gasteiger partial charge in [-0.2, -0.15) is 0 Å². The van der Waals surface area contributed by atoms with Gasteiger partial charge in [-0.1, -0.05) is 91.0 Å². The van der Waals surface area contributed by atoms with Gasteiger partial charge in [0, 0.05) is 22.8 Å². The number of fused-ring (bicyclic) bond motifs is 3. The summed E-state index contributed by atoms with van der Waals surface area (Å²) in [4.78, 5) is 25.7. The summed E-state index contributed by atoms with van der Waals surface area (Å²) in [5, 5.41) is 1.78. The molecule has 0 aliphatic rings. The summed E-state index contributed by atoms with van der Waals surface area (Å²) in [6.45, 7) is 0.972. The molecule has 0 aliphatic heterocycles. The van der Waals surface area contributed by atoms with Crippen molar-refractivity contribution in [2.45, 2.75) is 19.7 Å². The number of rotatable bonds is 8. The third-order valence-electron chi connectivity index (χ3n) is 6.85. The number of aromatic nitrogens is 2. The number of benzene rings is 4. The summed E-state index contributed by atoms with van der Waals surface area (Å²) in [5.41, 5.74) is 5.10. The van der Waals surface area contributed by atoms with Crippen LogP contribution in [-0.2, 0) is 24.5 Å². The summed E-state index contributed by atoms with van der Waals surface area (Å²) in [6.07, 6.45) is 0.777. The maximum Gasteiger partial charge on any atom is 0.275 e. The number of carbonyl (C=O) groups is 1. The minimum atomic E-state index is -0.188. The molecule has 5 heteroatoms. The fourth-order valence-corrected chi connectivity index (χ4v) is 5.05. The van der Waals surface area contributed by atoms with Gasteiger partial charge in [0.2, 0.25) is 0 Å². The number of hydrogen-bond donors (Lipinski definition) is 0. The highest BCUT2D eigenvalue weighted by atomic mass is 16.5. The summed E-state index contributed by atoms with van der Waals surface area (Å²) in [5.74, 6) is 0.735. The quantitative estimate of drug-likeness (QED) is 0.227. The molecule has 6 aromatic rings. The van der Waals surface area contributed by atoms with Crippen LogP contribution in [0.3, 0.4) is 0 Å². The molecule has 0 saturated heterocycles. The zero-order valence-electron chi connectivity index (χ0n) is 20.8. The van der Waals surface area contributed by atoms with Gasteiger partial charge in [0.15, 0.2) is 0 Å². The maximum absolute atomic E-state index is 14.0. The second-order valence-corrected chi connectivity index (χ2v) is 9.27. The van der Waals surface area contributed by atoms with E-state index in [9.17, 15) is 9.59 Å². The number of hydrogen-bond acceptors (Lipinski definition) is 3. The molecule has 0 fully saturated rings. The van der Waals surface area contributed by atoms with Crippen molar-refractivity contribution in [3.8, 4) is 17.0 Å². The Hall–Kier alpha value is -4.90. The van der Waals surface area contributed by atoms with E-state index < -0.39 is 0 Å². The Bertz CT molecular complexity index is 1790. The molecule has 38 heavy (non-hydrogen) atoms. The normalized spacial score (nSPS) is 11.2. The fraction of sp³-hybridized carbons (Fsp3) is 0.0909. The molecule has 0 unspecified atom stereocenters. The first kappa shape index (κ1) is 23.5. The lowest BCUT2D eigenvalue weighted by Crippen LogP contribution is -2.24. The zero-order valence-corrected chi connectivity index (χ0v) is 20.8. The molecule has 0 spiro atoms. The molecule has 0 N–H and O–H groups in total. The van der Waals surface area contributed by atoms with Crippen LogP contribution in [0.2, 0.25) is 0 Å². The van der Waals surface area contributed by atoms with Gasteiger partial charge in [0.05, 0.1) is 12.2 Å². The minimum Gasteiger partial charge on any atom is -0.489 e. The third kappa shape index (κ3) is 4.39. The number of nitrogens with zero attached hydrogens (tertiary/aromatic N) is 2. The van der Waals surface area contributed by atoms with Gasteiger partial charge in [-0.15, -0.1) is 0 Å².